The van der Waals surface area contributed by atoms with Gasteiger partial charge in [-0.15, -0.1) is 5.10 Å². The van der Waals surface area contributed by atoms with Crippen molar-refractivity contribution in [1.82, 2.24) is 35.1 Å². The third kappa shape index (κ3) is 4.39. The lowest BCUT2D eigenvalue weighted by atomic mass is 10.0. The molecular formula is C28H26N8O2S. The van der Waals surface area contributed by atoms with E-state index in [0.717, 1.165) is 59.1 Å². The minimum Gasteiger partial charge on any atom is -0.467 e. The van der Waals surface area contributed by atoms with Gasteiger partial charge < -0.3 is 14.3 Å². The van der Waals surface area contributed by atoms with Gasteiger partial charge in [-0.25, -0.2) is 9.67 Å². The minimum atomic E-state index is -0.429. The zero-order valence-electron chi connectivity index (χ0n) is 21.3. The number of thiazole rings is 1. The number of aryl methyl sites for hydroxylation is 1. The molecule has 196 valence electrons. The Balaban J connectivity index is 1.25. The molecule has 39 heavy (non-hydrogen) atoms. The van der Waals surface area contributed by atoms with E-state index in [1.165, 1.54) is 4.70 Å². The number of rotatable bonds is 6. The SMILES string of the molecule is Cc1cccc2cc([C@@H](c3nnnn3Cc3ccco3)N3CCN(c4nc5ccccc5s4)CC3)c(=O)[nH]c12. The van der Waals surface area contributed by atoms with Crippen molar-refractivity contribution < 1.29 is 4.42 Å². The molecule has 1 aliphatic heterocycles. The number of para-hydroxylation sites is 2. The molecule has 5 heterocycles. The van der Waals surface area contributed by atoms with Gasteiger partial charge in [-0.1, -0.05) is 41.7 Å². The molecule has 1 aliphatic rings. The predicted octanol–water partition coefficient (Wildman–Crippen LogP) is 3.99. The average Bonchev–Trinajstić information content (AvgIpc) is 3.72. The summed E-state index contributed by atoms with van der Waals surface area (Å²) < 4.78 is 8.47. The molecule has 4 aromatic heterocycles. The van der Waals surface area contributed by atoms with Crippen LogP contribution >= 0.6 is 11.3 Å². The number of nitrogens with one attached hydrogen (secondary N) is 1. The van der Waals surface area contributed by atoms with E-state index in [0.29, 0.717) is 17.9 Å². The van der Waals surface area contributed by atoms with Crippen LogP contribution in [0.3, 0.4) is 0 Å². The van der Waals surface area contributed by atoms with E-state index in [1.54, 1.807) is 22.3 Å². The number of hydrogen-bond acceptors (Lipinski definition) is 9. The van der Waals surface area contributed by atoms with Crippen molar-refractivity contribution in [3.63, 3.8) is 0 Å². The molecule has 1 N–H and O–H groups in total. The minimum absolute atomic E-state index is 0.136. The van der Waals surface area contributed by atoms with Crippen LogP contribution < -0.4 is 10.5 Å². The third-order valence-corrected chi connectivity index (χ3v) is 8.43. The summed E-state index contributed by atoms with van der Waals surface area (Å²) in [5.74, 6) is 1.35. The van der Waals surface area contributed by atoms with Crippen molar-refractivity contribution in [3.8, 4) is 0 Å². The summed E-state index contributed by atoms with van der Waals surface area (Å²) in [7, 11) is 0. The number of pyridine rings is 1. The molecule has 2 aromatic carbocycles. The summed E-state index contributed by atoms with van der Waals surface area (Å²) in [5, 5.41) is 14.7. The third-order valence-electron chi connectivity index (χ3n) is 7.33. The van der Waals surface area contributed by atoms with Gasteiger partial charge in [0.15, 0.2) is 11.0 Å². The van der Waals surface area contributed by atoms with Crippen molar-refractivity contribution >= 4 is 37.6 Å². The van der Waals surface area contributed by atoms with E-state index in [-0.39, 0.29) is 5.56 Å². The number of fused-ring (bicyclic) bond motifs is 2. The molecule has 1 saturated heterocycles. The van der Waals surface area contributed by atoms with E-state index in [1.807, 2.05) is 61.5 Å². The molecule has 0 aliphatic carbocycles. The molecule has 0 radical (unpaired) electrons. The average molecular weight is 539 g/mol. The monoisotopic (exact) mass is 538 g/mol. The molecule has 0 spiro atoms. The normalized spacial score (nSPS) is 15.4. The van der Waals surface area contributed by atoms with Crippen LogP contribution in [0.5, 0.6) is 0 Å². The largest absolute Gasteiger partial charge is 0.467 e. The Morgan fingerprint density at radius 2 is 1.92 bits per heavy atom. The van der Waals surface area contributed by atoms with Gasteiger partial charge in [0.2, 0.25) is 0 Å². The van der Waals surface area contributed by atoms with Crippen LogP contribution in [0, 0.1) is 6.92 Å². The van der Waals surface area contributed by atoms with Gasteiger partial charge in [-0.05, 0) is 58.6 Å². The van der Waals surface area contributed by atoms with Gasteiger partial charge in [0, 0.05) is 31.7 Å². The molecule has 0 bridgehead atoms. The Bertz CT molecular complexity index is 1780. The first-order valence-corrected chi connectivity index (χ1v) is 13.7. The summed E-state index contributed by atoms with van der Waals surface area (Å²) in [6.07, 6.45) is 1.63. The van der Waals surface area contributed by atoms with Gasteiger partial charge in [-0.3, -0.25) is 9.69 Å². The quantitative estimate of drug-likeness (QED) is 0.339. The van der Waals surface area contributed by atoms with E-state index in [4.69, 9.17) is 9.40 Å². The number of anilines is 1. The fourth-order valence-corrected chi connectivity index (χ4v) is 6.36. The molecule has 0 saturated carbocycles. The molecule has 1 fully saturated rings. The van der Waals surface area contributed by atoms with E-state index >= 15 is 0 Å². The Labute approximate surface area is 227 Å². The van der Waals surface area contributed by atoms with Gasteiger partial charge in [-0.2, -0.15) is 0 Å². The Morgan fingerprint density at radius 1 is 1.05 bits per heavy atom. The van der Waals surface area contributed by atoms with Crippen LogP contribution in [0.25, 0.3) is 21.1 Å². The predicted molar refractivity (Wildman–Crippen MR) is 150 cm³/mol. The molecular weight excluding hydrogens is 512 g/mol. The molecule has 11 heteroatoms. The lowest BCUT2D eigenvalue weighted by molar-refractivity contribution is 0.200. The van der Waals surface area contributed by atoms with E-state index in [9.17, 15) is 4.79 Å². The maximum absolute atomic E-state index is 13.6. The van der Waals surface area contributed by atoms with Crippen molar-refractivity contribution in [2.24, 2.45) is 0 Å². The van der Waals surface area contributed by atoms with Crippen molar-refractivity contribution in [2.75, 3.05) is 31.1 Å². The zero-order valence-corrected chi connectivity index (χ0v) is 22.1. The summed E-state index contributed by atoms with van der Waals surface area (Å²) in [5.41, 5.74) is 3.38. The van der Waals surface area contributed by atoms with E-state index in [2.05, 4.69) is 36.4 Å². The summed E-state index contributed by atoms with van der Waals surface area (Å²) in [6, 6.07) is 19.5. The molecule has 1 atom stereocenters. The summed E-state index contributed by atoms with van der Waals surface area (Å²) >= 11 is 1.71. The van der Waals surface area contributed by atoms with Crippen LogP contribution in [0.4, 0.5) is 5.13 Å². The van der Waals surface area contributed by atoms with Gasteiger partial charge in [0.05, 0.1) is 22.0 Å². The van der Waals surface area contributed by atoms with Crippen LogP contribution in [0.2, 0.25) is 0 Å². The molecule has 6 aromatic rings. The van der Waals surface area contributed by atoms with Gasteiger partial charge in [0.1, 0.15) is 18.3 Å². The second kappa shape index (κ2) is 9.75. The Morgan fingerprint density at radius 3 is 2.74 bits per heavy atom. The van der Waals surface area contributed by atoms with Crippen molar-refractivity contribution in [1.29, 1.82) is 0 Å². The van der Waals surface area contributed by atoms with Crippen LogP contribution in [0.1, 0.15) is 28.8 Å². The van der Waals surface area contributed by atoms with E-state index < -0.39 is 6.04 Å². The Hall–Kier alpha value is -4.35. The number of aromatic nitrogens is 6. The number of benzene rings is 2. The highest BCUT2D eigenvalue weighted by atomic mass is 32.1. The maximum Gasteiger partial charge on any atom is 0.253 e. The van der Waals surface area contributed by atoms with Crippen molar-refractivity contribution in [3.05, 3.63) is 100.0 Å². The molecule has 10 nitrogen and oxygen atoms in total. The highest BCUT2D eigenvalue weighted by molar-refractivity contribution is 7.22. The second-order valence-corrected chi connectivity index (χ2v) is 10.8. The van der Waals surface area contributed by atoms with Crippen molar-refractivity contribution in [2.45, 2.75) is 19.5 Å². The lowest BCUT2D eigenvalue weighted by Gasteiger charge is -2.38. The molecule has 0 amide bonds. The standard InChI is InChI=1S/C28H26N8O2S/c1-18-6-4-7-19-16-21(27(37)30-24(18)19)25(26-31-32-33-36(26)17-20-8-5-15-38-20)34-11-13-35(14-12-34)28-29-22-9-2-3-10-23(22)39-28/h2-10,15-16,25H,11-14,17H2,1H3,(H,30,37)/t25-/m0/s1. The highest BCUT2D eigenvalue weighted by Crippen LogP contribution is 2.32. The van der Waals surface area contributed by atoms with Gasteiger partial charge in [0.25, 0.3) is 5.56 Å². The van der Waals surface area contributed by atoms with Crippen LogP contribution in [-0.2, 0) is 6.54 Å². The van der Waals surface area contributed by atoms with Crippen LogP contribution in [0.15, 0.2) is 76.1 Å². The topological polar surface area (TPSA) is 109 Å². The second-order valence-electron chi connectivity index (χ2n) is 9.76. The number of piperazine rings is 1. The lowest BCUT2D eigenvalue weighted by Crippen LogP contribution is -2.49. The fraction of sp³-hybridized carbons (Fsp3) is 0.250. The molecule has 7 rings (SSSR count). The van der Waals surface area contributed by atoms with Crippen LogP contribution in [-0.4, -0.2) is 61.3 Å². The zero-order chi connectivity index (χ0) is 26.3. The first kappa shape index (κ1) is 23.7. The smallest absolute Gasteiger partial charge is 0.253 e. The number of tetrazole rings is 1. The Kier molecular flexibility index (Phi) is 5.94. The number of furan rings is 1. The summed E-state index contributed by atoms with van der Waals surface area (Å²) in [6.45, 7) is 5.38. The first-order chi connectivity index (χ1) is 19.1. The van der Waals surface area contributed by atoms with Gasteiger partial charge >= 0.3 is 0 Å². The maximum atomic E-state index is 13.6. The number of nitrogens with zero attached hydrogens (tertiary/aromatic N) is 7. The number of H-pyrrole nitrogens is 1. The summed E-state index contributed by atoms with van der Waals surface area (Å²) in [4.78, 5) is 26.2. The molecule has 0 unspecified atom stereocenters. The number of hydrogen-bond donors (Lipinski definition) is 1. The first-order valence-electron chi connectivity index (χ1n) is 12.9. The fourth-order valence-electron chi connectivity index (χ4n) is 5.34. The highest BCUT2D eigenvalue weighted by Gasteiger charge is 2.33. The number of aromatic amines is 1.